The third-order valence-electron chi connectivity index (χ3n) is 4.30. The molecule has 1 N–H and O–H groups in total. The molecular weight excluding hydrogens is 411 g/mol. The molecule has 5 nitrogen and oxygen atoms in total. The Kier molecular flexibility index (Phi) is 6.59. The number of anilines is 1. The van der Waals surface area contributed by atoms with E-state index >= 15 is 0 Å². The molecule has 0 aliphatic heterocycles. The average molecular weight is 429 g/mol. The number of rotatable bonds is 6. The molecule has 31 heavy (non-hydrogen) atoms. The summed E-state index contributed by atoms with van der Waals surface area (Å²) in [5.41, 5.74) is 0.198. The van der Waals surface area contributed by atoms with Crippen molar-refractivity contribution in [3.8, 4) is 11.5 Å². The summed E-state index contributed by atoms with van der Waals surface area (Å²) in [5.74, 6) is -0.440. The van der Waals surface area contributed by atoms with Gasteiger partial charge in [-0.05, 0) is 48.0 Å². The minimum atomic E-state index is -4.48. The molecule has 160 valence electrons. The molecule has 3 aromatic carbocycles. The van der Waals surface area contributed by atoms with Gasteiger partial charge >= 0.3 is 12.1 Å². The fraction of sp³-hybridized carbons (Fsp3) is 0.130. The molecule has 0 spiro atoms. The third-order valence-corrected chi connectivity index (χ3v) is 4.30. The van der Waals surface area contributed by atoms with Gasteiger partial charge in [-0.25, -0.2) is 0 Å². The number of benzene rings is 3. The Labute approximate surface area is 176 Å². The number of carbonyl (C=O) groups is 2. The molecule has 0 aromatic heterocycles. The van der Waals surface area contributed by atoms with Gasteiger partial charge in [0.15, 0.2) is 0 Å². The number of hydrogen-bond donors (Lipinski definition) is 1. The molecule has 0 aliphatic carbocycles. The first-order valence-corrected chi connectivity index (χ1v) is 9.17. The van der Waals surface area contributed by atoms with Crippen molar-refractivity contribution in [1.82, 2.24) is 0 Å². The van der Waals surface area contributed by atoms with E-state index in [1.807, 2.05) is 0 Å². The largest absolute Gasteiger partial charge is 0.496 e. The van der Waals surface area contributed by atoms with E-state index in [9.17, 15) is 22.8 Å². The summed E-state index contributed by atoms with van der Waals surface area (Å²) in [6, 6.07) is 17.3. The smallest absolute Gasteiger partial charge is 0.416 e. The lowest BCUT2D eigenvalue weighted by Gasteiger charge is -2.10. The predicted octanol–water partition coefficient (Wildman–Crippen LogP) is 5.11. The van der Waals surface area contributed by atoms with E-state index < -0.39 is 17.7 Å². The van der Waals surface area contributed by atoms with Crippen LogP contribution in [0.3, 0.4) is 0 Å². The third kappa shape index (κ3) is 5.85. The van der Waals surface area contributed by atoms with Crippen LogP contribution in [-0.2, 0) is 17.4 Å². The van der Waals surface area contributed by atoms with Gasteiger partial charge in [-0.3, -0.25) is 9.59 Å². The van der Waals surface area contributed by atoms with E-state index in [4.69, 9.17) is 9.47 Å². The fourth-order valence-corrected chi connectivity index (χ4v) is 2.83. The summed E-state index contributed by atoms with van der Waals surface area (Å²) in [6.07, 6.45) is -4.79. The molecule has 0 heterocycles. The highest BCUT2D eigenvalue weighted by Gasteiger charge is 2.30. The standard InChI is InChI=1S/C23H18F3NO4/c1-30-20-8-3-2-7-19(20)22(29)27-17-9-11-18(12-10-17)31-21(28)14-15-5-4-6-16(13-15)23(24,25)26/h2-13H,14H2,1H3,(H,27,29). The van der Waals surface area contributed by atoms with Crippen molar-refractivity contribution >= 4 is 17.6 Å². The molecule has 0 saturated heterocycles. The summed E-state index contributed by atoms with van der Waals surface area (Å²) in [5, 5.41) is 2.71. The summed E-state index contributed by atoms with van der Waals surface area (Å²) in [6.45, 7) is 0. The van der Waals surface area contributed by atoms with Gasteiger partial charge in [0.1, 0.15) is 11.5 Å². The van der Waals surface area contributed by atoms with Crippen LogP contribution in [0.2, 0.25) is 0 Å². The monoisotopic (exact) mass is 429 g/mol. The van der Waals surface area contributed by atoms with E-state index in [-0.39, 0.29) is 23.6 Å². The number of para-hydroxylation sites is 1. The quantitative estimate of drug-likeness (QED) is 0.437. The van der Waals surface area contributed by atoms with Crippen LogP contribution in [0.25, 0.3) is 0 Å². The van der Waals surface area contributed by atoms with Crippen LogP contribution in [0.15, 0.2) is 72.8 Å². The Morgan fingerprint density at radius 3 is 2.32 bits per heavy atom. The van der Waals surface area contributed by atoms with Gasteiger partial charge in [0, 0.05) is 5.69 Å². The van der Waals surface area contributed by atoms with Crippen LogP contribution in [0.1, 0.15) is 21.5 Å². The minimum Gasteiger partial charge on any atom is -0.496 e. The van der Waals surface area contributed by atoms with E-state index in [0.717, 1.165) is 12.1 Å². The number of methoxy groups -OCH3 is 1. The Bertz CT molecular complexity index is 1080. The molecule has 3 aromatic rings. The van der Waals surface area contributed by atoms with Gasteiger partial charge < -0.3 is 14.8 Å². The normalized spacial score (nSPS) is 11.0. The predicted molar refractivity (Wildman–Crippen MR) is 108 cm³/mol. The summed E-state index contributed by atoms with van der Waals surface area (Å²) < 4.78 is 48.7. The van der Waals surface area contributed by atoms with Crippen molar-refractivity contribution in [1.29, 1.82) is 0 Å². The molecule has 8 heteroatoms. The fourth-order valence-electron chi connectivity index (χ4n) is 2.83. The zero-order valence-corrected chi connectivity index (χ0v) is 16.4. The first kappa shape index (κ1) is 21.9. The van der Waals surface area contributed by atoms with Crippen LogP contribution in [0, 0.1) is 0 Å². The van der Waals surface area contributed by atoms with Gasteiger partial charge in [0.05, 0.1) is 24.7 Å². The van der Waals surface area contributed by atoms with Crippen molar-refractivity contribution in [2.45, 2.75) is 12.6 Å². The second-order valence-electron chi connectivity index (χ2n) is 6.53. The van der Waals surface area contributed by atoms with Gasteiger partial charge in [-0.15, -0.1) is 0 Å². The SMILES string of the molecule is COc1ccccc1C(=O)Nc1ccc(OC(=O)Cc2cccc(C(F)(F)F)c2)cc1. The maximum absolute atomic E-state index is 12.8. The van der Waals surface area contributed by atoms with Gasteiger partial charge in [-0.1, -0.05) is 30.3 Å². The Hall–Kier alpha value is -3.81. The molecule has 0 bridgehead atoms. The number of ether oxygens (including phenoxy) is 2. The summed E-state index contributed by atoms with van der Waals surface area (Å²) >= 11 is 0. The maximum Gasteiger partial charge on any atom is 0.416 e. The summed E-state index contributed by atoms with van der Waals surface area (Å²) in [4.78, 5) is 24.5. The van der Waals surface area contributed by atoms with Crippen LogP contribution in [-0.4, -0.2) is 19.0 Å². The number of esters is 1. The van der Waals surface area contributed by atoms with Gasteiger partial charge in [0.25, 0.3) is 5.91 Å². The second-order valence-corrected chi connectivity index (χ2v) is 6.53. The topological polar surface area (TPSA) is 64.6 Å². The highest BCUT2D eigenvalue weighted by Crippen LogP contribution is 2.29. The van der Waals surface area contributed by atoms with Gasteiger partial charge in [-0.2, -0.15) is 13.2 Å². The minimum absolute atomic E-state index is 0.195. The number of alkyl halides is 3. The van der Waals surface area contributed by atoms with Crippen LogP contribution in [0.5, 0.6) is 11.5 Å². The van der Waals surface area contributed by atoms with E-state index in [1.54, 1.807) is 36.4 Å². The Morgan fingerprint density at radius 2 is 1.65 bits per heavy atom. The molecule has 3 rings (SSSR count). The Balaban J connectivity index is 1.60. The second kappa shape index (κ2) is 9.34. The van der Waals surface area contributed by atoms with Crippen LogP contribution < -0.4 is 14.8 Å². The van der Waals surface area contributed by atoms with Crippen molar-refractivity contribution < 1.29 is 32.2 Å². The number of halogens is 3. The molecule has 0 unspecified atom stereocenters. The van der Waals surface area contributed by atoms with E-state index in [0.29, 0.717) is 17.0 Å². The molecule has 1 amide bonds. The zero-order chi connectivity index (χ0) is 22.4. The van der Waals surface area contributed by atoms with E-state index in [2.05, 4.69) is 5.32 Å². The van der Waals surface area contributed by atoms with Crippen molar-refractivity contribution in [3.05, 3.63) is 89.5 Å². The first-order valence-electron chi connectivity index (χ1n) is 9.17. The maximum atomic E-state index is 12.8. The van der Waals surface area contributed by atoms with E-state index in [1.165, 1.54) is 31.4 Å². The van der Waals surface area contributed by atoms with Crippen molar-refractivity contribution in [3.63, 3.8) is 0 Å². The lowest BCUT2D eigenvalue weighted by atomic mass is 10.1. The first-order chi connectivity index (χ1) is 14.8. The van der Waals surface area contributed by atoms with Crippen molar-refractivity contribution in [2.24, 2.45) is 0 Å². The molecule has 0 saturated carbocycles. The molecule has 0 radical (unpaired) electrons. The van der Waals surface area contributed by atoms with Gasteiger partial charge in [0.2, 0.25) is 0 Å². The lowest BCUT2D eigenvalue weighted by Crippen LogP contribution is -2.14. The highest BCUT2D eigenvalue weighted by molar-refractivity contribution is 6.06. The number of hydrogen-bond acceptors (Lipinski definition) is 4. The average Bonchev–Trinajstić information content (AvgIpc) is 2.74. The molecule has 0 atom stereocenters. The molecular formula is C23H18F3NO4. The molecule has 0 aliphatic rings. The van der Waals surface area contributed by atoms with Crippen LogP contribution >= 0.6 is 0 Å². The highest BCUT2D eigenvalue weighted by atomic mass is 19.4. The number of amides is 1. The summed E-state index contributed by atoms with van der Waals surface area (Å²) in [7, 11) is 1.47. The van der Waals surface area contributed by atoms with Crippen LogP contribution in [0.4, 0.5) is 18.9 Å². The molecule has 0 fully saturated rings. The number of nitrogens with one attached hydrogen (secondary N) is 1. The number of carbonyl (C=O) groups excluding carboxylic acids is 2. The van der Waals surface area contributed by atoms with Crippen molar-refractivity contribution in [2.75, 3.05) is 12.4 Å². The lowest BCUT2D eigenvalue weighted by molar-refractivity contribution is -0.138. The Morgan fingerprint density at radius 1 is 0.935 bits per heavy atom. The zero-order valence-electron chi connectivity index (χ0n) is 16.4.